The highest BCUT2D eigenvalue weighted by atomic mass is 16.5. The van der Waals surface area contributed by atoms with E-state index in [1.165, 1.54) is 0 Å². The third-order valence-electron chi connectivity index (χ3n) is 4.01. The first-order valence-corrected chi connectivity index (χ1v) is 8.70. The van der Waals surface area contributed by atoms with Crippen LogP contribution in [0.3, 0.4) is 0 Å². The summed E-state index contributed by atoms with van der Waals surface area (Å²) in [6, 6.07) is 17.0. The number of nitrogens with one attached hydrogen (secondary N) is 1. The van der Waals surface area contributed by atoms with Gasteiger partial charge in [-0.15, -0.1) is 0 Å². The summed E-state index contributed by atoms with van der Waals surface area (Å²) in [5.41, 5.74) is 2.81. The summed E-state index contributed by atoms with van der Waals surface area (Å²) in [5.74, 6) is 1.92. The SMILES string of the molecule is COc1cccc(-c2cc(CCNC(=O)COc3ccc(C)cc3)no2)c1. The molecule has 2 aromatic carbocycles. The average Bonchev–Trinajstić information content (AvgIpc) is 3.16. The predicted octanol–water partition coefficient (Wildman–Crippen LogP) is 3.40. The van der Waals surface area contributed by atoms with Crippen molar-refractivity contribution in [3.8, 4) is 22.8 Å². The standard InChI is InChI=1S/C21H22N2O4/c1-15-6-8-18(9-7-15)26-14-21(24)22-11-10-17-13-20(27-23-17)16-4-3-5-19(12-16)25-2/h3-9,12-13H,10-11,14H2,1-2H3,(H,22,24). The molecule has 0 spiro atoms. The monoisotopic (exact) mass is 366 g/mol. The topological polar surface area (TPSA) is 73.6 Å². The largest absolute Gasteiger partial charge is 0.497 e. The summed E-state index contributed by atoms with van der Waals surface area (Å²) < 4.78 is 16.0. The van der Waals surface area contributed by atoms with E-state index in [4.69, 9.17) is 14.0 Å². The van der Waals surface area contributed by atoms with Crippen LogP contribution in [0, 0.1) is 6.92 Å². The molecule has 1 amide bonds. The van der Waals surface area contributed by atoms with Crippen molar-refractivity contribution in [2.75, 3.05) is 20.3 Å². The Hall–Kier alpha value is -3.28. The molecule has 0 fully saturated rings. The van der Waals surface area contributed by atoms with Crippen molar-refractivity contribution < 1.29 is 18.8 Å². The minimum atomic E-state index is -0.174. The van der Waals surface area contributed by atoms with Crippen molar-refractivity contribution in [1.82, 2.24) is 10.5 Å². The van der Waals surface area contributed by atoms with Crippen molar-refractivity contribution in [1.29, 1.82) is 0 Å². The molecule has 0 aliphatic heterocycles. The van der Waals surface area contributed by atoms with Crippen LogP contribution in [0.15, 0.2) is 59.1 Å². The van der Waals surface area contributed by atoms with Crippen molar-refractivity contribution in [2.45, 2.75) is 13.3 Å². The number of carbonyl (C=O) groups is 1. The van der Waals surface area contributed by atoms with Gasteiger partial charge in [0.2, 0.25) is 0 Å². The number of amides is 1. The molecule has 0 saturated carbocycles. The van der Waals surface area contributed by atoms with E-state index in [2.05, 4.69) is 10.5 Å². The lowest BCUT2D eigenvalue weighted by Gasteiger charge is -2.07. The van der Waals surface area contributed by atoms with Crippen LogP contribution in [0.25, 0.3) is 11.3 Å². The summed E-state index contributed by atoms with van der Waals surface area (Å²) in [7, 11) is 1.62. The Kier molecular flexibility index (Phi) is 6.10. The minimum absolute atomic E-state index is 0.0169. The van der Waals surface area contributed by atoms with Gasteiger partial charge >= 0.3 is 0 Å². The van der Waals surface area contributed by atoms with Crippen molar-refractivity contribution in [3.63, 3.8) is 0 Å². The van der Waals surface area contributed by atoms with Crippen LogP contribution in [0.1, 0.15) is 11.3 Å². The molecule has 0 aliphatic carbocycles. The van der Waals surface area contributed by atoms with Crippen molar-refractivity contribution in [2.24, 2.45) is 0 Å². The molecule has 3 aromatic rings. The van der Waals surface area contributed by atoms with Crippen LogP contribution in [-0.2, 0) is 11.2 Å². The third-order valence-corrected chi connectivity index (χ3v) is 4.01. The van der Waals surface area contributed by atoms with E-state index in [0.29, 0.717) is 24.5 Å². The summed E-state index contributed by atoms with van der Waals surface area (Å²) >= 11 is 0. The number of aryl methyl sites for hydroxylation is 1. The van der Waals surface area contributed by atoms with Crippen LogP contribution in [-0.4, -0.2) is 31.3 Å². The number of ether oxygens (including phenoxy) is 2. The van der Waals surface area contributed by atoms with Gasteiger partial charge in [-0.05, 0) is 31.2 Å². The average molecular weight is 366 g/mol. The molecule has 1 heterocycles. The normalized spacial score (nSPS) is 10.4. The Labute approximate surface area is 158 Å². The second-order valence-electron chi connectivity index (χ2n) is 6.12. The zero-order valence-corrected chi connectivity index (χ0v) is 15.4. The Balaban J connectivity index is 1.44. The van der Waals surface area contributed by atoms with Gasteiger partial charge in [-0.2, -0.15) is 0 Å². The molecule has 3 rings (SSSR count). The molecule has 1 aromatic heterocycles. The number of benzene rings is 2. The first-order chi connectivity index (χ1) is 13.1. The number of aromatic nitrogens is 1. The van der Waals surface area contributed by atoms with E-state index in [1.807, 2.05) is 61.5 Å². The summed E-state index contributed by atoms with van der Waals surface area (Å²) in [6.45, 7) is 2.44. The second-order valence-corrected chi connectivity index (χ2v) is 6.12. The maximum Gasteiger partial charge on any atom is 0.257 e. The van der Waals surface area contributed by atoms with Crippen LogP contribution in [0.4, 0.5) is 0 Å². The molecule has 1 N–H and O–H groups in total. The number of carbonyl (C=O) groups excluding carboxylic acids is 1. The molecule has 0 saturated heterocycles. The smallest absolute Gasteiger partial charge is 0.257 e. The highest BCUT2D eigenvalue weighted by molar-refractivity contribution is 5.77. The maximum absolute atomic E-state index is 11.9. The van der Waals surface area contributed by atoms with E-state index in [0.717, 1.165) is 22.6 Å². The maximum atomic E-state index is 11.9. The molecule has 6 nitrogen and oxygen atoms in total. The molecule has 0 aliphatic rings. The fourth-order valence-electron chi connectivity index (χ4n) is 2.51. The number of methoxy groups -OCH3 is 1. The lowest BCUT2D eigenvalue weighted by Crippen LogP contribution is -2.30. The molecule has 6 heteroatoms. The fourth-order valence-corrected chi connectivity index (χ4v) is 2.51. The van der Waals surface area contributed by atoms with Gasteiger partial charge < -0.3 is 19.3 Å². The van der Waals surface area contributed by atoms with Gasteiger partial charge in [-0.1, -0.05) is 35.0 Å². The van der Waals surface area contributed by atoms with E-state index in [9.17, 15) is 4.79 Å². The Bertz CT molecular complexity index is 887. The lowest BCUT2D eigenvalue weighted by molar-refractivity contribution is -0.123. The molecule has 0 atom stereocenters. The van der Waals surface area contributed by atoms with E-state index in [-0.39, 0.29) is 12.5 Å². The first-order valence-electron chi connectivity index (χ1n) is 8.70. The fraction of sp³-hybridized carbons (Fsp3) is 0.238. The van der Waals surface area contributed by atoms with Gasteiger partial charge in [0.25, 0.3) is 5.91 Å². The van der Waals surface area contributed by atoms with Crippen molar-refractivity contribution in [3.05, 3.63) is 65.9 Å². The number of hydrogen-bond donors (Lipinski definition) is 1. The third kappa shape index (κ3) is 5.34. The van der Waals surface area contributed by atoms with Gasteiger partial charge in [0.15, 0.2) is 12.4 Å². The van der Waals surface area contributed by atoms with E-state index >= 15 is 0 Å². The predicted molar refractivity (Wildman–Crippen MR) is 102 cm³/mol. The van der Waals surface area contributed by atoms with Crippen LogP contribution in [0.2, 0.25) is 0 Å². The molecule has 0 radical (unpaired) electrons. The van der Waals surface area contributed by atoms with Gasteiger partial charge in [0.1, 0.15) is 11.5 Å². The summed E-state index contributed by atoms with van der Waals surface area (Å²) in [4.78, 5) is 11.9. The highest BCUT2D eigenvalue weighted by Gasteiger charge is 2.09. The minimum Gasteiger partial charge on any atom is -0.497 e. The zero-order valence-electron chi connectivity index (χ0n) is 15.4. The van der Waals surface area contributed by atoms with Gasteiger partial charge in [-0.3, -0.25) is 4.79 Å². The van der Waals surface area contributed by atoms with Gasteiger partial charge in [0.05, 0.1) is 12.8 Å². The molecule has 140 valence electrons. The Morgan fingerprint density at radius 3 is 2.70 bits per heavy atom. The lowest BCUT2D eigenvalue weighted by atomic mass is 10.1. The Morgan fingerprint density at radius 2 is 1.93 bits per heavy atom. The quantitative estimate of drug-likeness (QED) is 0.661. The molecular weight excluding hydrogens is 344 g/mol. The number of hydrogen-bond acceptors (Lipinski definition) is 5. The molecular formula is C21H22N2O4. The van der Waals surface area contributed by atoms with Crippen LogP contribution in [0.5, 0.6) is 11.5 Å². The van der Waals surface area contributed by atoms with E-state index < -0.39 is 0 Å². The molecule has 0 bridgehead atoms. The van der Waals surface area contributed by atoms with Crippen LogP contribution < -0.4 is 14.8 Å². The van der Waals surface area contributed by atoms with Gasteiger partial charge in [0, 0.05) is 24.6 Å². The van der Waals surface area contributed by atoms with Crippen LogP contribution >= 0.6 is 0 Å². The summed E-state index contributed by atoms with van der Waals surface area (Å²) in [6.07, 6.45) is 0.573. The van der Waals surface area contributed by atoms with Crippen molar-refractivity contribution >= 4 is 5.91 Å². The number of nitrogens with zero attached hydrogens (tertiary/aromatic N) is 1. The van der Waals surface area contributed by atoms with Gasteiger partial charge in [-0.25, -0.2) is 0 Å². The Morgan fingerprint density at radius 1 is 1.11 bits per heavy atom. The molecule has 0 unspecified atom stereocenters. The first kappa shape index (κ1) is 18.5. The molecule has 27 heavy (non-hydrogen) atoms. The second kappa shape index (κ2) is 8.89. The van der Waals surface area contributed by atoms with E-state index in [1.54, 1.807) is 7.11 Å². The number of rotatable bonds is 8. The zero-order chi connectivity index (χ0) is 19.1. The highest BCUT2D eigenvalue weighted by Crippen LogP contribution is 2.24. The summed E-state index contributed by atoms with van der Waals surface area (Å²) in [5, 5.41) is 6.86.